The Hall–Kier alpha value is -7.68. The third kappa shape index (κ3) is 5.64. The van der Waals surface area contributed by atoms with Gasteiger partial charge in [0.25, 0.3) is 0 Å². The molecule has 11 aromatic rings. The van der Waals surface area contributed by atoms with Gasteiger partial charge in [-0.3, -0.25) is 0 Å². The predicted octanol–water partition coefficient (Wildman–Crippen LogP) is 16.7. The maximum Gasteiger partial charge on any atom is 0.159 e. The smallest absolute Gasteiger partial charge is 0.159 e. The Morgan fingerprint density at radius 3 is 1.80 bits per heavy atom. The number of fused-ring (bicyclic) bond motifs is 8. The summed E-state index contributed by atoms with van der Waals surface area (Å²) in [5, 5.41) is 7.04. The van der Waals surface area contributed by atoms with Crippen LogP contribution in [-0.2, 0) is 5.41 Å². The van der Waals surface area contributed by atoms with Crippen molar-refractivity contribution in [3.63, 3.8) is 0 Å². The van der Waals surface area contributed by atoms with Crippen molar-refractivity contribution in [1.82, 2.24) is 0 Å². The third-order valence-electron chi connectivity index (χ3n) is 13.0. The SMILES string of the molecule is CC1(C)c2ccccc2-c2ccc(N(c3ccc(-c4ccccc4)cc3)c3cccc4c3oc3c(-c5ccc(-c6ccc7ccccc7c6)cc5)c5ccccc5cc34)cc21. The molecule has 0 saturated heterocycles. The quantitative estimate of drug-likeness (QED) is 0.167. The lowest BCUT2D eigenvalue weighted by atomic mass is 9.82. The van der Waals surface area contributed by atoms with Gasteiger partial charge in [-0.25, -0.2) is 0 Å². The van der Waals surface area contributed by atoms with Crippen molar-refractivity contribution in [2.45, 2.75) is 19.3 Å². The minimum Gasteiger partial charge on any atom is -0.453 e. The molecule has 0 aliphatic heterocycles. The minimum atomic E-state index is -0.144. The van der Waals surface area contributed by atoms with Crippen molar-refractivity contribution in [2.24, 2.45) is 0 Å². The average Bonchev–Trinajstić information content (AvgIpc) is 3.80. The zero-order valence-electron chi connectivity index (χ0n) is 34.1. The van der Waals surface area contributed by atoms with E-state index >= 15 is 0 Å². The fourth-order valence-corrected chi connectivity index (χ4v) is 9.93. The number of rotatable bonds is 6. The van der Waals surface area contributed by atoms with E-state index in [-0.39, 0.29) is 5.41 Å². The Balaban J connectivity index is 1.05. The first kappa shape index (κ1) is 35.3. The van der Waals surface area contributed by atoms with Crippen LogP contribution in [0.3, 0.4) is 0 Å². The molecule has 10 aromatic carbocycles. The van der Waals surface area contributed by atoms with Crippen LogP contribution in [0.15, 0.2) is 217 Å². The van der Waals surface area contributed by atoms with Crippen LogP contribution in [0.1, 0.15) is 25.0 Å². The number of hydrogen-bond acceptors (Lipinski definition) is 2. The normalized spacial score (nSPS) is 12.9. The lowest BCUT2D eigenvalue weighted by Gasteiger charge is -2.28. The number of hydrogen-bond donors (Lipinski definition) is 0. The Bertz CT molecular complexity index is 3480. The van der Waals surface area contributed by atoms with Crippen molar-refractivity contribution in [3.05, 3.63) is 223 Å². The lowest BCUT2D eigenvalue weighted by Crippen LogP contribution is -2.16. The van der Waals surface area contributed by atoms with Gasteiger partial charge < -0.3 is 9.32 Å². The molecule has 0 unspecified atom stereocenters. The Morgan fingerprint density at radius 2 is 0.967 bits per heavy atom. The first-order chi connectivity index (χ1) is 30.0. The molecular formula is C59H41NO. The van der Waals surface area contributed by atoms with E-state index in [1.807, 2.05) is 0 Å². The van der Waals surface area contributed by atoms with Gasteiger partial charge in [0.2, 0.25) is 0 Å². The maximum atomic E-state index is 7.30. The molecule has 0 N–H and O–H groups in total. The topological polar surface area (TPSA) is 16.4 Å². The molecule has 12 rings (SSSR count). The summed E-state index contributed by atoms with van der Waals surface area (Å²) in [4.78, 5) is 2.39. The van der Waals surface area contributed by atoms with Gasteiger partial charge in [0, 0.05) is 33.1 Å². The Labute approximate surface area is 355 Å². The van der Waals surface area contributed by atoms with Crippen molar-refractivity contribution in [3.8, 4) is 44.5 Å². The van der Waals surface area contributed by atoms with E-state index in [0.29, 0.717) is 0 Å². The standard InChI is InChI=1S/C59H41NO/c1-59(2)53-21-11-10-19-49(53)50-34-33-47(37-54(50)59)60(46-31-29-40(30-32-46)38-13-4-3-5-14-38)55-22-12-20-51-52-36-45-17-8-9-18-48(45)56(58(52)61-57(51)55)42-26-23-41(24-27-42)44-28-25-39-15-6-7-16-43(39)35-44/h3-37H,1-2H3. The Kier molecular flexibility index (Phi) is 7.92. The van der Waals surface area contributed by atoms with Crippen LogP contribution >= 0.6 is 0 Å². The molecule has 1 aliphatic rings. The maximum absolute atomic E-state index is 7.30. The van der Waals surface area contributed by atoms with Crippen LogP contribution in [0, 0.1) is 0 Å². The van der Waals surface area contributed by atoms with Gasteiger partial charge in [0.15, 0.2) is 5.58 Å². The molecule has 2 heteroatoms. The van der Waals surface area contributed by atoms with Gasteiger partial charge in [0.05, 0.1) is 5.69 Å². The minimum absolute atomic E-state index is 0.144. The number of nitrogens with zero attached hydrogens (tertiary/aromatic N) is 1. The monoisotopic (exact) mass is 779 g/mol. The summed E-state index contributed by atoms with van der Waals surface area (Å²) in [5.74, 6) is 0. The highest BCUT2D eigenvalue weighted by Crippen LogP contribution is 2.52. The van der Waals surface area contributed by atoms with Crippen molar-refractivity contribution in [1.29, 1.82) is 0 Å². The summed E-state index contributed by atoms with van der Waals surface area (Å²) < 4.78 is 7.30. The molecule has 1 aromatic heterocycles. The summed E-state index contributed by atoms with van der Waals surface area (Å²) in [5.41, 5.74) is 17.1. The van der Waals surface area contributed by atoms with Crippen LogP contribution in [-0.4, -0.2) is 0 Å². The molecule has 288 valence electrons. The molecule has 0 amide bonds. The number of benzene rings is 10. The molecule has 0 fully saturated rings. The van der Waals surface area contributed by atoms with Crippen LogP contribution < -0.4 is 4.90 Å². The van der Waals surface area contributed by atoms with Crippen molar-refractivity contribution in [2.75, 3.05) is 4.90 Å². The molecule has 2 nitrogen and oxygen atoms in total. The molecule has 0 radical (unpaired) electrons. The first-order valence-electron chi connectivity index (χ1n) is 21.2. The third-order valence-corrected chi connectivity index (χ3v) is 13.0. The largest absolute Gasteiger partial charge is 0.453 e. The number of para-hydroxylation sites is 1. The first-order valence-corrected chi connectivity index (χ1v) is 21.2. The van der Waals surface area contributed by atoms with E-state index in [9.17, 15) is 0 Å². The Morgan fingerprint density at radius 1 is 0.361 bits per heavy atom. The van der Waals surface area contributed by atoms with E-state index in [2.05, 4.69) is 231 Å². The second-order valence-corrected chi connectivity index (χ2v) is 16.9. The molecular weight excluding hydrogens is 739 g/mol. The van der Waals surface area contributed by atoms with E-state index < -0.39 is 0 Å². The van der Waals surface area contributed by atoms with Crippen molar-refractivity contribution < 1.29 is 4.42 Å². The summed E-state index contributed by atoms with van der Waals surface area (Å²) in [6.45, 7) is 4.70. The average molecular weight is 780 g/mol. The second-order valence-electron chi connectivity index (χ2n) is 16.9. The van der Waals surface area contributed by atoms with Gasteiger partial charge in [-0.2, -0.15) is 0 Å². The molecule has 1 heterocycles. The summed E-state index contributed by atoms with van der Waals surface area (Å²) in [6, 6.07) is 77.3. The molecule has 1 aliphatic carbocycles. The number of anilines is 3. The van der Waals surface area contributed by atoms with Crippen LogP contribution in [0.4, 0.5) is 17.1 Å². The molecule has 61 heavy (non-hydrogen) atoms. The highest BCUT2D eigenvalue weighted by Gasteiger charge is 2.36. The van der Waals surface area contributed by atoms with Gasteiger partial charge in [0.1, 0.15) is 5.58 Å². The molecule has 0 atom stereocenters. The molecule has 0 spiro atoms. The zero-order chi connectivity index (χ0) is 40.7. The fourth-order valence-electron chi connectivity index (χ4n) is 9.93. The summed E-state index contributed by atoms with van der Waals surface area (Å²) >= 11 is 0. The van der Waals surface area contributed by atoms with Gasteiger partial charge in [-0.15, -0.1) is 0 Å². The highest BCUT2D eigenvalue weighted by atomic mass is 16.3. The van der Waals surface area contributed by atoms with Gasteiger partial charge in [-0.05, 0) is 114 Å². The van der Waals surface area contributed by atoms with E-state index in [1.54, 1.807) is 0 Å². The van der Waals surface area contributed by atoms with Gasteiger partial charge >= 0.3 is 0 Å². The fraction of sp³-hybridized carbons (Fsp3) is 0.0508. The predicted molar refractivity (Wildman–Crippen MR) is 257 cm³/mol. The van der Waals surface area contributed by atoms with E-state index in [0.717, 1.165) is 50.1 Å². The number of furan rings is 1. The van der Waals surface area contributed by atoms with E-state index in [1.165, 1.54) is 66.1 Å². The van der Waals surface area contributed by atoms with Crippen molar-refractivity contribution >= 4 is 60.5 Å². The molecule has 0 saturated carbocycles. The zero-order valence-corrected chi connectivity index (χ0v) is 34.1. The van der Waals surface area contributed by atoms with Crippen LogP contribution in [0.5, 0.6) is 0 Å². The summed E-state index contributed by atoms with van der Waals surface area (Å²) in [7, 11) is 0. The van der Waals surface area contributed by atoms with Gasteiger partial charge in [-0.1, -0.05) is 184 Å². The van der Waals surface area contributed by atoms with Crippen LogP contribution in [0.25, 0.3) is 88.0 Å². The molecule has 0 bridgehead atoms. The van der Waals surface area contributed by atoms with Crippen LogP contribution in [0.2, 0.25) is 0 Å². The second kappa shape index (κ2) is 13.7. The van der Waals surface area contributed by atoms with E-state index in [4.69, 9.17) is 4.42 Å². The lowest BCUT2D eigenvalue weighted by molar-refractivity contribution is 0.660. The highest BCUT2D eigenvalue weighted by molar-refractivity contribution is 6.20. The summed E-state index contributed by atoms with van der Waals surface area (Å²) in [6.07, 6.45) is 0.